The van der Waals surface area contributed by atoms with Crippen molar-refractivity contribution >= 4 is 33.0 Å². The average Bonchev–Trinajstić information content (AvgIpc) is 2.98. The van der Waals surface area contributed by atoms with Gasteiger partial charge >= 0.3 is 0 Å². The number of nitrogens with one attached hydrogen (secondary N) is 2. The zero-order valence-electron chi connectivity index (χ0n) is 13.4. The van der Waals surface area contributed by atoms with E-state index in [4.69, 9.17) is 0 Å². The molecule has 0 aliphatic heterocycles. The van der Waals surface area contributed by atoms with Gasteiger partial charge in [-0.25, -0.2) is 13.1 Å². The van der Waals surface area contributed by atoms with Gasteiger partial charge < -0.3 is 10.4 Å². The SMILES string of the molecule is CC(=O)Nc1ccc(S(=O)(=O)NCC(C)(O)Cc2ccsc2)cc1. The lowest BCUT2D eigenvalue weighted by molar-refractivity contribution is -0.114. The molecule has 1 aromatic heterocycles. The molecule has 0 spiro atoms. The van der Waals surface area contributed by atoms with Crippen LogP contribution in [0.2, 0.25) is 0 Å². The topological polar surface area (TPSA) is 95.5 Å². The van der Waals surface area contributed by atoms with Crippen LogP contribution < -0.4 is 10.0 Å². The van der Waals surface area contributed by atoms with Crippen molar-refractivity contribution in [3.05, 3.63) is 46.7 Å². The first-order chi connectivity index (χ1) is 11.2. The summed E-state index contributed by atoms with van der Waals surface area (Å²) in [4.78, 5) is 11.0. The second-order valence-electron chi connectivity index (χ2n) is 5.84. The molecule has 2 aromatic rings. The summed E-state index contributed by atoms with van der Waals surface area (Å²) < 4.78 is 27.0. The highest BCUT2D eigenvalue weighted by molar-refractivity contribution is 7.89. The van der Waals surface area contributed by atoms with Crippen molar-refractivity contribution < 1.29 is 18.3 Å². The number of aliphatic hydroxyl groups is 1. The van der Waals surface area contributed by atoms with Crippen molar-refractivity contribution in [3.8, 4) is 0 Å². The number of anilines is 1. The number of rotatable bonds is 7. The van der Waals surface area contributed by atoms with E-state index in [-0.39, 0.29) is 17.3 Å². The molecule has 0 fully saturated rings. The smallest absolute Gasteiger partial charge is 0.240 e. The van der Waals surface area contributed by atoms with Crippen LogP contribution >= 0.6 is 11.3 Å². The Labute approximate surface area is 145 Å². The standard InChI is InChI=1S/C16H20N2O4S2/c1-12(19)18-14-3-5-15(6-4-14)24(21,22)17-11-16(2,20)9-13-7-8-23-10-13/h3-8,10,17,20H,9,11H2,1-2H3,(H,18,19). The van der Waals surface area contributed by atoms with E-state index >= 15 is 0 Å². The Balaban J connectivity index is 2.01. The fourth-order valence-corrected chi connectivity index (χ4v) is 3.98. The number of carbonyl (C=O) groups is 1. The highest BCUT2D eigenvalue weighted by Gasteiger charge is 2.24. The van der Waals surface area contributed by atoms with Crippen molar-refractivity contribution in [2.24, 2.45) is 0 Å². The lowest BCUT2D eigenvalue weighted by atomic mass is 9.99. The van der Waals surface area contributed by atoms with Gasteiger partial charge in [-0.1, -0.05) is 0 Å². The minimum absolute atomic E-state index is 0.0722. The molecule has 0 radical (unpaired) electrons. The molecular formula is C16H20N2O4S2. The molecule has 1 aromatic carbocycles. The van der Waals surface area contributed by atoms with Crippen molar-refractivity contribution in [2.75, 3.05) is 11.9 Å². The minimum Gasteiger partial charge on any atom is -0.388 e. The van der Waals surface area contributed by atoms with Crippen molar-refractivity contribution in [1.29, 1.82) is 0 Å². The predicted octanol–water partition coefficient (Wildman–Crippen LogP) is 1.98. The number of benzene rings is 1. The Hall–Kier alpha value is -1.74. The highest BCUT2D eigenvalue weighted by Crippen LogP contribution is 2.17. The van der Waals surface area contributed by atoms with E-state index in [1.807, 2.05) is 16.8 Å². The zero-order valence-corrected chi connectivity index (χ0v) is 15.1. The first-order valence-corrected chi connectivity index (χ1v) is 9.71. The van der Waals surface area contributed by atoms with Crippen LogP contribution in [0.5, 0.6) is 0 Å². The summed E-state index contributed by atoms with van der Waals surface area (Å²) in [5.41, 5.74) is 0.291. The fourth-order valence-electron chi connectivity index (χ4n) is 2.15. The van der Waals surface area contributed by atoms with Gasteiger partial charge in [0.1, 0.15) is 0 Å². The third kappa shape index (κ3) is 5.41. The van der Waals surface area contributed by atoms with E-state index in [0.717, 1.165) is 5.56 Å². The average molecular weight is 368 g/mol. The van der Waals surface area contributed by atoms with Crippen LogP contribution in [-0.2, 0) is 21.2 Å². The molecule has 2 rings (SSSR count). The Morgan fingerprint density at radius 2 is 1.92 bits per heavy atom. The third-order valence-electron chi connectivity index (χ3n) is 3.29. The molecule has 8 heteroatoms. The maximum absolute atomic E-state index is 12.3. The van der Waals surface area contributed by atoms with E-state index in [2.05, 4.69) is 10.0 Å². The van der Waals surface area contributed by atoms with E-state index in [1.165, 1.54) is 42.5 Å². The molecular weight excluding hydrogens is 348 g/mol. The molecule has 0 aliphatic rings. The second kappa shape index (κ2) is 7.43. The van der Waals surface area contributed by atoms with Crippen molar-refractivity contribution in [2.45, 2.75) is 30.8 Å². The normalized spacial score (nSPS) is 14.1. The van der Waals surface area contributed by atoms with Gasteiger partial charge in [0, 0.05) is 25.6 Å². The summed E-state index contributed by atoms with van der Waals surface area (Å²) in [6.07, 6.45) is 0.362. The molecule has 3 N–H and O–H groups in total. The van der Waals surface area contributed by atoms with Crippen LogP contribution in [0.1, 0.15) is 19.4 Å². The first-order valence-electron chi connectivity index (χ1n) is 7.29. The number of sulfonamides is 1. The molecule has 1 heterocycles. The monoisotopic (exact) mass is 368 g/mol. The van der Waals surface area contributed by atoms with Crippen molar-refractivity contribution in [1.82, 2.24) is 4.72 Å². The van der Waals surface area contributed by atoms with Gasteiger partial charge in [0.15, 0.2) is 0 Å². The van der Waals surface area contributed by atoms with Gasteiger partial charge in [-0.15, -0.1) is 0 Å². The van der Waals surface area contributed by atoms with Gasteiger partial charge in [-0.3, -0.25) is 4.79 Å². The Kier molecular flexibility index (Phi) is 5.76. The second-order valence-corrected chi connectivity index (χ2v) is 8.38. The summed E-state index contributed by atoms with van der Waals surface area (Å²) in [6.45, 7) is 2.87. The molecule has 0 aliphatic carbocycles. The predicted molar refractivity (Wildman–Crippen MR) is 94.6 cm³/mol. The maximum atomic E-state index is 12.3. The molecule has 1 atom stereocenters. The number of amides is 1. The highest BCUT2D eigenvalue weighted by atomic mass is 32.2. The van der Waals surface area contributed by atoms with Crippen LogP contribution in [-0.4, -0.2) is 31.6 Å². The molecule has 1 amide bonds. The molecule has 1 unspecified atom stereocenters. The zero-order chi connectivity index (χ0) is 17.8. The van der Waals surface area contributed by atoms with Gasteiger partial charge in [0.2, 0.25) is 15.9 Å². The largest absolute Gasteiger partial charge is 0.388 e. The van der Waals surface area contributed by atoms with Crippen LogP contribution in [0.4, 0.5) is 5.69 Å². The van der Waals surface area contributed by atoms with Gasteiger partial charge in [0.05, 0.1) is 10.5 Å². The Morgan fingerprint density at radius 3 is 2.46 bits per heavy atom. The lowest BCUT2D eigenvalue weighted by Gasteiger charge is -2.23. The number of hydrogen-bond donors (Lipinski definition) is 3. The molecule has 6 nitrogen and oxygen atoms in total. The third-order valence-corrected chi connectivity index (χ3v) is 5.44. The summed E-state index contributed by atoms with van der Waals surface area (Å²) in [7, 11) is -3.74. The molecule has 130 valence electrons. The van der Waals surface area contributed by atoms with Crippen LogP contribution in [0.25, 0.3) is 0 Å². The maximum Gasteiger partial charge on any atom is 0.240 e. The Bertz CT molecular complexity index is 782. The summed E-state index contributed by atoms with van der Waals surface area (Å²) in [5, 5.41) is 16.8. The summed E-state index contributed by atoms with van der Waals surface area (Å²) in [5.74, 6) is -0.229. The fraction of sp³-hybridized carbons (Fsp3) is 0.312. The molecule has 0 bridgehead atoms. The van der Waals surface area contributed by atoms with Gasteiger partial charge in [-0.05, 0) is 53.6 Å². The van der Waals surface area contributed by atoms with Crippen LogP contribution in [0.3, 0.4) is 0 Å². The van der Waals surface area contributed by atoms with Crippen LogP contribution in [0, 0.1) is 0 Å². The molecule has 0 saturated carbocycles. The number of thiophene rings is 1. The van der Waals surface area contributed by atoms with Crippen molar-refractivity contribution in [3.63, 3.8) is 0 Å². The van der Waals surface area contributed by atoms with E-state index in [1.54, 1.807) is 6.92 Å². The van der Waals surface area contributed by atoms with Gasteiger partial charge in [-0.2, -0.15) is 11.3 Å². The number of hydrogen-bond acceptors (Lipinski definition) is 5. The summed E-state index contributed by atoms with van der Waals surface area (Å²) in [6, 6.07) is 7.73. The minimum atomic E-state index is -3.74. The van der Waals surface area contributed by atoms with E-state index < -0.39 is 15.6 Å². The first kappa shape index (κ1) is 18.6. The van der Waals surface area contributed by atoms with Gasteiger partial charge in [0.25, 0.3) is 0 Å². The summed E-state index contributed by atoms with van der Waals surface area (Å²) >= 11 is 1.53. The van der Waals surface area contributed by atoms with E-state index in [9.17, 15) is 18.3 Å². The Morgan fingerprint density at radius 1 is 1.25 bits per heavy atom. The van der Waals surface area contributed by atoms with E-state index in [0.29, 0.717) is 12.1 Å². The molecule has 0 saturated heterocycles. The molecule has 24 heavy (non-hydrogen) atoms. The quantitative estimate of drug-likeness (QED) is 0.696. The number of carbonyl (C=O) groups excluding carboxylic acids is 1. The van der Waals surface area contributed by atoms with Crippen LogP contribution in [0.15, 0.2) is 46.0 Å². The lowest BCUT2D eigenvalue weighted by Crippen LogP contribution is -2.42.